The van der Waals surface area contributed by atoms with Crippen molar-refractivity contribution in [3.8, 4) is 0 Å². The quantitative estimate of drug-likeness (QED) is 0.515. The van der Waals surface area contributed by atoms with E-state index >= 15 is 0 Å². The minimum Gasteiger partial charge on any atom is -1.00 e. The van der Waals surface area contributed by atoms with Crippen molar-refractivity contribution in [2.45, 2.75) is 64.1 Å². The average molecular weight is 350 g/mol. The van der Waals surface area contributed by atoms with Crippen LogP contribution < -0.4 is 17.0 Å². The van der Waals surface area contributed by atoms with Crippen LogP contribution in [-0.4, -0.2) is 53.4 Å². The third kappa shape index (κ3) is 3.74. The molecule has 2 rings (SSSR count). The Kier molecular flexibility index (Phi) is 6.48. The lowest BCUT2D eigenvalue weighted by Gasteiger charge is -2.37. The predicted octanol–water partition coefficient (Wildman–Crippen LogP) is -1.14. The Bertz CT molecular complexity index is 325. The van der Waals surface area contributed by atoms with Gasteiger partial charge in [0.05, 0.1) is 19.6 Å². The molecular weight excluding hydrogens is 322 g/mol. The van der Waals surface area contributed by atoms with Crippen LogP contribution in [0.25, 0.3) is 0 Å². The summed E-state index contributed by atoms with van der Waals surface area (Å²) < 4.78 is 6.71. The molecule has 1 atom stereocenters. The highest BCUT2D eigenvalue weighted by molar-refractivity contribution is 5.79. The van der Waals surface area contributed by atoms with E-state index in [4.69, 9.17) is 4.74 Å². The number of carbonyl (C=O) groups is 1. The second-order valence-electron chi connectivity index (χ2n) is 6.31. The van der Waals surface area contributed by atoms with Crippen molar-refractivity contribution in [2.24, 2.45) is 0 Å². The molecule has 4 nitrogen and oxygen atoms in total. The molecule has 0 aromatic carbocycles. The third-order valence-electron chi connectivity index (χ3n) is 5.10. The van der Waals surface area contributed by atoms with Crippen molar-refractivity contribution in [1.29, 1.82) is 0 Å². The molecule has 1 spiro atoms. The van der Waals surface area contributed by atoms with Gasteiger partial charge < -0.3 is 31.3 Å². The zero-order chi connectivity index (χ0) is 13.9. The Morgan fingerprint density at radius 1 is 1.20 bits per heavy atom. The van der Waals surface area contributed by atoms with Gasteiger partial charge in [0.25, 0.3) is 0 Å². The largest absolute Gasteiger partial charge is 1.00 e. The van der Waals surface area contributed by atoms with Gasteiger partial charge in [-0.1, -0.05) is 13.8 Å². The van der Waals surface area contributed by atoms with E-state index in [0.717, 1.165) is 24.0 Å². The van der Waals surface area contributed by atoms with Crippen LogP contribution in [0.4, 0.5) is 0 Å². The number of quaternary nitrogens is 1. The van der Waals surface area contributed by atoms with E-state index in [1.165, 1.54) is 32.4 Å². The first-order valence-electron chi connectivity index (χ1n) is 7.82. The van der Waals surface area contributed by atoms with E-state index in [1.807, 2.05) is 13.8 Å². The second kappa shape index (κ2) is 7.23. The van der Waals surface area contributed by atoms with Gasteiger partial charge in [0, 0.05) is 6.42 Å². The molecule has 0 saturated carbocycles. The Morgan fingerprint density at radius 2 is 1.80 bits per heavy atom. The molecule has 2 aliphatic heterocycles. The van der Waals surface area contributed by atoms with Crippen LogP contribution in [-0.2, 0) is 9.53 Å². The van der Waals surface area contributed by atoms with Gasteiger partial charge in [-0.2, -0.15) is 0 Å². The SMILES string of the molecule is CCC(O)(CC)C(=O)OC1CC[N+]2(CCCCC2)C1.[Br-]. The first kappa shape index (κ1) is 17.9. The van der Waals surface area contributed by atoms with Crippen LogP contribution in [0.2, 0.25) is 0 Å². The minimum atomic E-state index is -1.28. The zero-order valence-corrected chi connectivity index (χ0v) is 14.3. The van der Waals surface area contributed by atoms with Crippen LogP contribution in [0.15, 0.2) is 0 Å². The van der Waals surface area contributed by atoms with Crippen molar-refractivity contribution in [3.63, 3.8) is 0 Å². The molecule has 0 aliphatic carbocycles. The zero-order valence-electron chi connectivity index (χ0n) is 12.7. The second-order valence-corrected chi connectivity index (χ2v) is 6.31. The maximum absolute atomic E-state index is 12.1. The van der Waals surface area contributed by atoms with Gasteiger partial charge in [0.2, 0.25) is 0 Å². The molecule has 20 heavy (non-hydrogen) atoms. The molecule has 0 radical (unpaired) electrons. The molecule has 1 unspecified atom stereocenters. The molecule has 118 valence electrons. The minimum absolute atomic E-state index is 0. The number of carbonyl (C=O) groups excluding carboxylic acids is 1. The lowest BCUT2D eigenvalue weighted by molar-refractivity contribution is -0.922. The highest BCUT2D eigenvalue weighted by Crippen LogP contribution is 2.28. The Morgan fingerprint density at radius 3 is 2.35 bits per heavy atom. The van der Waals surface area contributed by atoms with Gasteiger partial charge in [-0.3, -0.25) is 0 Å². The van der Waals surface area contributed by atoms with Crippen LogP contribution >= 0.6 is 0 Å². The van der Waals surface area contributed by atoms with Crippen molar-refractivity contribution in [3.05, 3.63) is 0 Å². The van der Waals surface area contributed by atoms with Crippen molar-refractivity contribution < 1.29 is 36.1 Å². The summed E-state index contributed by atoms with van der Waals surface area (Å²) in [5.41, 5.74) is -1.28. The topological polar surface area (TPSA) is 46.5 Å². The Labute approximate surface area is 132 Å². The number of halogens is 1. The highest BCUT2D eigenvalue weighted by Gasteiger charge is 2.43. The first-order chi connectivity index (χ1) is 9.03. The van der Waals surface area contributed by atoms with Gasteiger partial charge in [-0.05, 0) is 32.1 Å². The number of esters is 1. The summed E-state index contributed by atoms with van der Waals surface area (Å²) in [7, 11) is 0. The van der Waals surface area contributed by atoms with E-state index in [0.29, 0.717) is 12.8 Å². The molecule has 0 amide bonds. The molecule has 5 heteroatoms. The summed E-state index contributed by atoms with van der Waals surface area (Å²) in [4.78, 5) is 12.1. The lowest BCUT2D eigenvalue weighted by Crippen LogP contribution is -3.00. The maximum Gasteiger partial charge on any atom is 0.338 e. The molecule has 2 heterocycles. The molecule has 2 fully saturated rings. The van der Waals surface area contributed by atoms with Gasteiger partial charge in [-0.15, -0.1) is 0 Å². The van der Waals surface area contributed by atoms with E-state index in [2.05, 4.69) is 0 Å². The van der Waals surface area contributed by atoms with Crippen LogP contribution in [0.3, 0.4) is 0 Å². The van der Waals surface area contributed by atoms with Crippen LogP contribution in [0.5, 0.6) is 0 Å². The predicted molar refractivity (Wildman–Crippen MR) is 73.6 cm³/mol. The van der Waals surface area contributed by atoms with E-state index in [9.17, 15) is 9.90 Å². The summed E-state index contributed by atoms with van der Waals surface area (Å²) in [6, 6.07) is 0. The van der Waals surface area contributed by atoms with Crippen molar-refractivity contribution in [2.75, 3.05) is 26.2 Å². The molecule has 2 saturated heterocycles. The summed E-state index contributed by atoms with van der Waals surface area (Å²) in [5.74, 6) is -0.417. The lowest BCUT2D eigenvalue weighted by atomic mass is 9.98. The highest BCUT2D eigenvalue weighted by atomic mass is 79.9. The van der Waals surface area contributed by atoms with Crippen LogP contribution in [0.1, 0.15) is 52.4 Å². The number of hydrogen-bond donors (Lipinski definition) is 1. The smallest absolute Gasteiger partial charge is 0.338 e. The standard InChI is InChI=1S/C15H28NO3.BrH/c1-3-15(18,4-2)14(17)19-13-8-11-16(12-13)9-6-5-7-10-16;/h13,18H,3-12H2,1-2H3;1H/q+1;/p-1. The summed E-state index contributed by atoms with van der Waals surface area (Å²) in [6.45, 7) is 8.22. The summed E-state index contributed by atoms with van der Waals surface area (Å²) >= 11 is 0. The number of hydrogen-bond acceptors (Lipinski definition) is 3. The molecule has 0 bridgehead atoms. The number of piperidine rings is 1. The number of nitrogens with zero attached hydrogens (tertiary/aromatic N) is 1. The summed E-state index contributed by atoms with van der Waals surface area (Å²) in [6.07, 6.45) is 5.76. The van der Waals surface area contributed by atoms with E-state index in [1.54, 1.807) is 0 Å². The van der Waals surface area contributed by atoms with Gasteiger partial charge in [0.15, 0.2) is 11.7 Å². The molecule has 0 aromatic rings. The Balaban J connectivity index is 0.00000200. The number of ether oxygens (including phenoxy) is 1. The van der Waals surface area contributed by atoms with Crippen molar-refractivity contribution >= 4 is 5.97 Å². The van der Waals surface area contributed by atoms with E-state index < -0.39 is 11.6 Å². The molecule has 0 aromatic heterocycles. The van der Waals surface area contributed by atoms with E-state index in [-0.39, 0.29) is 23.1 Å². The van der Waals surface area contributed by atoms with Gasteiger partial charge in [0.1, 0.15) is 6.54 Å². The number of rotatable bonds is 4. The van der Waals surface area contributed by atoms with Gasteiger partial charge >= 0.3 is 5.97 Å². The molecular formula is C15H28BrNO3. The molecule has 2 aliphatic rings. The maximum atomic E-state index is 12.1. The van der Waals surface area contributed by atoms with Crippen molar-refractivity contribution in [1.82, 2.24) is 0 Å². The molecule has 1 N–H and O–H groups in total. The normalized spacial score (nSPS) is 25.2. The summed E-state index contributed by atoms with van der Waals surface area (Å²) in [5, 5.41) is 10.2. The van der Waals surface area contributed by atoms with Gasteiger partial charge in [-0.25, -0.2) is 4.79 Å². The fourth-order valence-corrected chi connectivity index (χ4v) is 3.52. The first-order valence-corrected chi connectivity index (χ1v) is 7.82. The monoisotopic (exact) mass is 349 g/mol. The fraction of sp³-hybridized carbons (Fsp3) is 0.933. The average Bonchev–Trinajstić information content (AvgIpc) is 2.81. The third-order valence-corrected chi connectivity index (χ3v) is 5.10. The Hall–Kier alpha value is -0.130. The van der Waals surface area contributed by atoms with Crippen LogP contribution in [0, 0.1) is 0 Å². The fourth-order valence-electron chi connectivity index (χ4n) is 3.52. The number of aliphatic hydroxyl groups is 1.